The van der Waals surface area contributed by atoms with Crippen LogP contribution in [0.3, 0.4) is 0 Å². The van der Waals surface area contributed by atoms with Crippen LogP contribution in [0.25, 0.3) is 0 Å². The predicted molar refractivity (Wildman–Crippen MR) is 49.1 cm³/mol. The van der Waals surface area contributed by atoms with Crippen molar-refractivity contribution in [2.75, 3.05) is 0 Å². The standard InChI is InChI=1S/C9H5BrF4O/c1-4(15)7-6(11)3-2-5(10)8(7)9(12,13)14/h2-3H,1H3. The number of carbonyl (C=O) groups excluding carboxylic acids is 1. The monoisotopic (exact) mass is 284 g/mol. The molecule has 0 unspecified atom stereocenters. The van der Waals surface area contributed by atoms with E-state index in [4.69, 9.17) is 0 Å². The molecule has 0 heterocycles. The molecule has 82 valence electrons. The van der Waals surface area contributed by atoms with E-state index < -0.39 is 28.9 Å². The number of halogens is 5. The van der Waals surface area contributed by atoms with Crippen molar-refractivity contribution in [2.45, 2.75) is 13.1 Å². The first-order valence-corrected chi connectivity index (χ1v) is 4.60. The summed E-state index contributed by atoms with van der Waals surface area (Å²) in [5.41, 5.74) is -2.20. The lowest BCUT2D eigenvalue weighted by Gasteiger charge is -2.13. The molecule has 0 radical (unpaired) electrons. The molecule has 6 heteroatoms. The zero-order valence-electron chi connectivity index (χ0n) is 7.45. The topological polar surface area (TPSA) is 17.1 Å². The molecule has 0 N–H and O–H groups in total. The molecule has 1 nitrogen and oxygen atoms in total. The minimum absolute atomic E-state index is 0.346. The van der Waals surface area contributed by atoms with Crippen LogP contribution < -0.4 is 0 Å². The maximum atomic E-state index is 13.1. The molecule has 0 aromatic heterocycles. The van der Waals surface area contributed by atoms with E-state index in [1.54, 1.807) is 0 Å². The average Bonchev–Trinajstić information content (AvgIpc) is 2.05. The van der Waals surface area contributed by atoms with Crippen LogP contribution in [0.1, 0.15) is 22.8 Å². The van der Waals surface area contributed by atoms with E-state index in [2.05, 4.69) is 15.9 Å². The fourth-order valence-electron chi connectivity index (χ4n) is 1.17. The van der Waals surface area contributed by atoms with Crippen LogP contribution in [0, 0.1) is 5.82 Å². The number of alkyl halides is 3. The molecule has 0 saturated heterocycles. The molecule has 1 aromatic carbocycles. The number of carbonyl (C=O) groups is 1. The molecular formula is C9H5BrF4O. The van der Waals surface area contributed by atoms with Gasteiger partial charge in [-0.25, -0.2) is 4.39 Å². The van der Waals surface area contributed by atoms with Gasteiger partial charge in [0.05, 0.1) is 11.1 Å². The lowest BCUT2D eigenvalue weighted by atomic mass is 10.0. The Balaban J connectivity index is 3.60. The zero-order chi connectivity index (χ0) is 11.8. The van der Waals surface area contributed by atoms with Crippen LogP contribution in [0.15, 0.2) is 16.6 Å². The normalized spacial score (nSPS) is 11.6. The van der Waals surface area contributed by atoms with Crippen LogP contribution in [0.5, 0.6) is 0 Å². The number of rotatable bonds is 1. The molecule has 0 fully saturated rings. The summed E-state index contributed by atoms with van der Waals surface area (Å²) < 4.78 is 50.2. The van der Waals surface area contributed by atoms with Crippen LogP contribution in [-0.2, 0) is 6.18 Å². The van der Waals surface area contributed by atoms with E-state index in [1.165, 1.54) is 0 Å². The van der Waals surface area contributed by atoms with Crippen molar-refractivity contribution < 1.29 is 22.4 Å². The second kappa shape index (κ2) is 3.92. The summed E-state index contributed by atoms with van der Waals surface area (Å²) >= 11 is 2.65. The van der Waals surface area contributed by atoms with Gasteiger partial charge in [-0.1, -0.05) is 15.9 Å². The second-order valence-corrected chi connectivity index (χ2v) is 3.69. The fourth-order valence-corrected chi connectivity index (χ4v) is 1.73. The molecule has 0 aliphatic carbocycles. The molecule has 0 spiro atoms. The third-order valence-corrected chi connectivity index (χ3v) is 2.40. The minimum atomic E-state index is -4.76. The highest BCUT2D eigenvalue weighted by atomic mass is 79.9. The van der Waals surface area contributed by atoms with Crippen LogP contribution >= 0.6 is 15.9 Å². The Morgan fingerprint density at radius 1 is 1.33 bits per heavy atom. The van der Waals surface area contributed by atoms with Crippen LogP contribution in [0.4, 0.5) is 17.6 Å². The van der Waals surface area contributed by atoms with Crippen molar-refractivity contribution in [2.24, 2.45) is 0 Å². The smallest absolute Gasteiger partial charge is 0.294 e. The van der Waals surface area contributed by atoms with Gasteiger partial charge < -0.3 is 0 Å². The molecule has 0 bridgehead atoms. The first-order valence-electron chi connectivity index (χ1n) is 3.81. The Labute approximate surface area is 91.2 Å². The molecule has 0 saturated carbocycles. The Kier molecular flexibility index (Phi) is 3.18. The Bertz CT molecular complexity index is 411. The summed E-state index contributed by atoms with van der Waals surface area (Å²) in [7, 11) is 0. The van der Waals surface area contributed by atoms with E-state index in [0.717, 1.165) is 19.1 Å². The van der Waals surface area contributed by atoms with E-state index in [-0.39, 0.29) is 4.47 Å². The quantitative estimate of drug-likeness (QED) is 0.566. The number of benzene rings is 1. The zero-order valence-corrected chi connectivity index (χ0v) is 9.04. The summed E-state index contributed by atoms with van der Waals surface area (Å²) in [5.74, 6) is -2.13. The van der Waals surface area contributed by atoms with Crippen LogP contribution in [-0.4, -0.2) is 5.78 Å². The van der Waals surface area contributed by atoms with Gasteiger partial charge in [0, 0.05) is 4.47 Å². The van der Waals surface area contributed by atoms with Gasteiger partial charge in [-0.3, -0.25) is 4.79 Å². The molecule has 1 rings (SSSR count). The predicted octanol–water partition coefficient (Wildman–Crippen LogP) is 3.81. The molecule has 0 amide bonds. The lowest BCUT2D eigenvalue weighted by Crippen LogP contribution is -2.14. The Morgan fingerprint density at radius 3 is 2.20 bits per heavy atom. The van der Waals surface area contributed by atoms with E-state index in [1.807, 2.05) is 0 Å². The SMILES string of the molecule is CC(=O)c1c(F)ccc(Br)c1C(F)(F)F. The summed E-state index contributed by atoms with van der Waals surface area (Å²) in [5, 5.41) is 0. The van der Waals surface area contributed by atoms with Gasteiger partial charge in [-0.05, 0) is 19.1 Å². The molecule has 0 atom stereocenters. The highest BCUT2D eigenvalue weighted by molar-refractivity contribution is 9.10. The Morgan fingerprint density at radius 2 is 1.87 bits per heavy atom. The summed E-state index contributed by atoms with van der Waals surface area (Å²) in [6, 6.07) is 1.74. The summed E-state index contributed by atoms with van der Waals surface area (Å²) in [4.78, 5) is 10.9. The van der Waals surface area contributed by atoms with Gasteiger partial charge in [0.2, 0.25) is 0 Å². The molecule has 0 aliphatic heterocycles. The third kappa shape index (κ3) is 2.37. The maximum absolute atomic E-state index is 13.1. The molecular weight excluding hydrogens is 280 g/mol. The van der Waals surface area contributed by atoms with Gasteiger partial charge in [0.1, 0.15) is 5.82 Å². The number of ketones is 1. The average molecular weight is 285 g/mol. The van der Waals surface area contributed by atoms with Gasteiger partial charge >= 0.3 is 6.18 Å². The number of hydrogen-bond donors (Lipinski definition) is 0. The largest absolute Gasteiger partial charge is 0.418 e. The molecule has 1 aromatic rings. The minimum Gasteiger partial charge on any atom is -0.294 e. The number of hydrogen-bond acceptors (Lipinski definition) is 1. The third-order valence-electron chi connectivity index (χ3n) is 1.74. The summed E-state index contributed by atoms with van der Waals surface area (Å²) in [6.45, 7) is 0.889. The Hall–Kier alpha value is -0.910. The molecule has 15 heavy (non-hydrogen) atoms. The van der Waals surface area contributed by atoms with Gasteiger partial charge in [0.25, 0.3) is 0 Å². The van der Waals surface area contributed by atoms with Crippen LogP contribution in [0.2, 0.25) is 0 Å². The lowest BCUT2D eigenvalue weighted by molar-refractivity contribution is -0.138. The van der Waals surface area contributed by atoms with Crippen molar-refractivity contribution in [3.63, 3.8) is 0 Å². The van der Waals surface area contributed by atoms with Crippen molar-refractivity contribution in [3.05, 3.63) is 33.5 Å². The van der Waals surface area contributed by atoms with Crippen molar-refractivity contribution in [1.29, 1.82) is 0 Å². The number of Topliss-reactive ketones (excluding diaryl/α,β-unsaturated/α-hetero) is 1. The first-order chi connectivity index (χ1) is 6.75. The highest BCUT2D eigenvalue weighted by Crippen LogP contribution is 2.38. The van der Waals surface area contributed by atoms with Crippen molar-refractivity contribution in [3.8, 4) is 0 Å². The van der Waals surface area contributed by atoms with E-state index in [0.29, 0.717) is 0 Å². The van der Waals surface area contributed by atoms with E-state index >= 15 is 0 Å². The molecule has 0 aliphatic rings. The van der Waals surface area contributed by atoms with Crippen molar-refractivity contribution >= 4 is 21.7 Å². The van der Waals surface area contributed by atoms with Gasteiger partial charge in [-0.2, -0.15) is 13.2 Å². The van der Waals surface area contributed by atoms with E-state index in [9.17, 15) is 22.4 Å². The fraction of sp³-hybridized carbons (Fsp3) is 0.222. The van der Waals surface area contributed by atoms with Gasteiger partial charge in [-0.15, -0.1) is 0 Å². The van der Waals surface area contributed by atoms with Crippen molar-refractivity contribution in [1.82, 2.24) is 0 Å². The first kappa shape index (κ1) is 12.2. The highest BCUT2D eigenvalue weighted by Gasteiger charge is 2.38. The van der Waals surface area contributed by atoms with Gasteiger partial charge in [0.15, 0.2) is 5.78 Å². The summed E-state index contributed by atoms with van der Waals surface area (Å²) in [6.07, 6.45) is -4.76. The maximum Gasteiger partial charge on any atom is 0.418 e. The second-order valence-electron chi connectivity index (χ2n) is 2.83.